The quantitative estimate of drug-likeness (QED) is 0.621. The molecule has 0 bridgehead atoms. The summed E-state index contributed by atoms with van der Waals surface area (Å²) in [7, 11) is 0. The highest BCUT2D eigenvalue weighted by molar-refractivity contribution is 6.04. The Morgan fingerprint density at radius 2 is 1.66 bits per heavy atom. The Balaban J connectivity index is 2.02. The van der Waals surface area contributed by atoms with E-state index < -0.39 is 41.8 Å². The van der Waals surface area contributed by atoms with E-state index in [1.807, 2.05) is 0 Å². The molecule has 2 aromatic rings. The highest BCUT2D eigenvalue weighted by Gasteiger charge is 2.34. The molecule has 0 unspecified atom stereocenters. The highest BCUT2D eigenvalue weighted by atomic mass is 19.4. The average molecular weight is 409 g/mol. The number of anilines is 1. The summed E-state index contributed by atoms with van der Waals surface area (Å²) in [5, 5.41) is 4.90. The number of para-hydroxylation sites is 2. The van der Waals surface area contributed by atoms with Crippen molar-refractivity contribution in [3.05, 3.63) is 59.7 Å². The lowest BCUT2D eigenvalue weighted by Crippen LogP contribution is -2.29. The maximum absolute atomic E-state index is 13.0. The van der Waals surface area contributed by atoms with Crippen LogP contribution in [0.15, 0.2) is 48.5 Å². The first-order chi connectivity index (χ1) is 13.7. The van der Waals surface area contributed by atoms with Crippen LogP contribution in [-0.2, 0) is 15.8 Å². The van der Waals surface area contributed by atoms with Gasteiger partial charge in [-0.25, -0.2) is 0 Å². The van der Waals surface area contributed by atoms with Gasteiger partial charge in [-0.3, -0.25) is 14.4 Å². The minimum atomic E-state index is -4.62. The topological polar surface area (TPSA) is 111 Å². The smallest absolute Gasteiger partial charge is 0.419 e. The SMILES string of the molecule is NC(=O)CCNC(=O)c1ccccc1NC(=O)COc1ccccc1C(F)(F)F. The number of carbonyl (C=O) groups excluding carboxylic acids is 3. The van der Waals surface area contributed by atoms with Crippen LogP contribution in [0.3, 0.4) is 0 Å². The molecular formula is C19H18F3N3O4. The molecular weight excluding hydrogens is 391 g/mol. The van der Waals surface area contributed by atoms with Gasteiger partial charge < -0.3 is 21.1 Å². The van der Waals surface area contributed by atoms with Gasteiger partial charge in [-0.2, -0.15) is 13.2 Å². The summed E-state index contributed by atoms with van der Waals surface area (Å²) in [4.78, 5) is 35.0. The second-order valence-electron chi connectivity index (χ2n) is 5.85. The van der Waals surface area contributed by atoms with Gasteiger partial charge in [0.25, 0.3) is 11.8 Å². The molecule has 4 N–H and O–H groups in total. The number of carbonyl (C=O) groups is 3. The molecule has 0 aromatic heterocycles. The van der Waals surface area contributed by atoms with E-state index in [0.717, 1.165) is 12.1 Å². The summed E-state index contributed by atoms with van der Waals surface area (Å²) < 4.78 is 43.9. The lowest BCUT2D eigenvalue weighted by atomic mass is 10.1. The molecule has 0 saturated carbocycles. The molecule has 0 atom stereocenters. The molecule has 0 aliphatic carbocycles. The summed E-state index contributed by atoms with van der Waals surface area (Å²) >= 11 is 0. The third-order valence-electron chi connectivity index (χ3n) is 3.65. The number of ether oxygens (including phenoxy) is 1. The Morgan fingerprint density at radius 1 is 1.00 bits per heavy atom. The second-order valence-corrected chi connectivity index (χ2v) is 5.85. The third-order valence-corrected chi connectivity index (χ3v) is 3.65. The maximum atomic E-state index is 13.0. The fourth-order valence-electron chi connectivity index (χ4n) is 2.34. The van der Waals surface area contributed by atoms with E-state index >= 15 is 0 Å². The number of primary amides is 1. The van der Waals surface area contributed by atoms with E-state index in [1.54, 1.807) is 12.1 Å². The van der Waals surface area contributed by atoms with Gasteiger partial charge >= 0.3 is 6.18 Å². The molecule has 0 aliphatic rings. The van der Waals surface area contributed by atoms with Crippen LogP contribution in [0.5, 0.6) is 5.75 Å². The molecule has 0 radical (unpaired) electrons. The number of amides is 3. The standard InChI is InChI=1S/C19H18F3N3O4/c20-19(21,22)13-6-2-4-8-15(13)29-11-17(27)25-14-7-3-1-5-12(14)18(28)24-10-9-16(23)26/h1-8H,9-11H2,(H2,23,26)(H,24,28)(H,25,27). The van der Waals surface area contributed by atoms with Crippen LogP contribution >= 0.6 is 0 Å². The van der Waals surface area contributed by atoms with E-state index in [4.69, 9.17) is 10.5 Å². The minimum absolute atomic E-state index is 0.0216. The summed E-state index contributed by atoms with van der Waals surface area (Å²) in [5.74, 6) is -2.36. The van der Waals surface area contributed by atoms with Gasteiger partial charge in [-0.05, 0) is 24.3 Å². The number of nitrogens with one attached hydrogen (secondary N) is 2. The van der Waals surface area contributed by atoms with Gasteiger partial charge in [0.2, 0.25) is 5.91 Å². The zero-order valence-corrected chi connectivity index (χ0v) is 15.1. The van der Waals surface area contributed by atoms with Crippen LogP contribution in [0.25, 0.3) is 0 Å². The van der Waals surface area contributed by atoms with Crippen molar-refractivity contribution in [1.29, 1.82) is 0 Å². The maximum Gasteiger partial charge on any atom is 0.419 e. The second kappa shape index (κ2) is 9.58. The van der Waals surface area contributed by atoms with Crippen LogP contribution < -0.4 is 21.1 Å². The molecule has 0 fully saturated rings. The van der Waals surface area contributed by atoms with Gasteiger partial charge in [-0.15, -0.1) is 0 Å². The molecule has 10 heteroatoms. The van der Waals surface area contributed by atoms with E-state index in [1.165, 1.54) is 24.3 Å². The molecule has 0 heterocycles. The van der Waals surface area contributed by atoms with Gasteiger partial charge in [0, 0.05) is 13.0 Å². The molecule has 2 aromatic carbocycles. The van der Waals surface area contributed by atoms with Gasteiger partial charge in [0.1, 0.15) is 5.75 Å². The number of rotatable bonds is 8. The van der Waals surface area contributed by atoms with Crippen molar-refractivity contribution < 1.29 is 32.3 Å². The largest absolute Gasteiger partial charge is 0.483 e. The fourth-order valence-corrected chi connectivity index (χ4v) is 2.34. The molecule has 154 valence electrons. The predicted molar refractivity (Wildman–Crippen MR) is 98.2 cm³/mol. The summed E-state index contributed by atoms with van der Waals surface area (Å²) in [6.07, 6.45) is -4.67. The van der Waals surface area contributed by atoms with E-state index in [2.05, 4.69) is 10.6 Å². The molecule has 7 nitrogen and oxygen atoms in total. The van der Waals surface area contributed by atoms with Crippen LogP contribution in [-0.4, -0.2) is 30.9 Å². The Kier molecular flexibility index (Phi) is 7.18. The monoisotopic (exact) mass is 409 g/mol. The lowest BCUT2D eigenvalue weighted by Gasteiger charge is -2.14. The fraction of sp³-hybridized carbons (Fsp3) is 0.211. The molecule has 0 spiro atoms. The molecule has 3 amide bonds. The van der Waals surface area contributed by atoms with E-state index in [9.17, 15) is 27.6 Å². The number of nitrogens with two attached hydrogens (primary N) is 1. The van der Waals surface area contributed by atoms with E-state index in [-0.39, 0.29) is 24.2 Å². The van der Waals surface area contributed by atoms with Crippen molar-refractivity contribution >= 4 is 23.4 Å². The van der Waals surface area contributed by atoms with Crippen LogP contribution in [0.1, 0.15) is 22.3 Å². The van der Waals surface area contributed by atoms with Crippen molar-refractivity contribution in [2.45, 2.75) is 12.6 Å². The number of alkyl halides is 3. The van der Waals surface area contributed by atoms with Crippen LogP contribution in [0.2, 0.25) is 0 Å². The number of hydrogen-bond donors (Lipinski definition) is 3. The van der Waals surface area contributed by atoms with Crippen molar-refractivity contribution in [3.8, 4) is 5.75 Å². The first-order valence-corrected chi connectivity index (χ1v) is 8.43. The minimum Gasteiger partial charge on any atom is -0.483 e. The molecule has 29 heavy (non-hydrogen) atoms. The van der Waals surface area contributed by atoms with Crippen molar-refractivity contribution in [2.24, 2.45) is 5.73 Å². The lowest BCUT2D eigenvalue weighted by molar-refractivity contribution is -0.139. The zero-order valence-electron chi connectivity index (χ0n) is 15.1. The third kappa shape index (κ3) is 6.52. The highest BCUT2D eigenvalue weighted by Crippen LogP contribution is 2.35. The van der Waals surface area contributed by atoms with Gasteiger partial charge in [-0.1, -0.05) is 24.3 Å². The predicted octanol–water partition coefficient (Wildman–Crippen LogP) is 2.33. The number of benzene rings is 2. The molecule has 0 saturated heterocycles. The summed E-state index contributed by atoms with van der Waals surface area (Å²) in [6, 6.07) is 10.5. The van der Waals surface area contributed by atoms with Crippen molar-refractivity contribution in [2.75, 3.05) is 18.5 Å². The molecule has 0 aliphatic heterocycles. The summed E-state index contributed by atoms with van der Waals surface area (Å²) in [5.41, 5.74) is 4.25. The Morgan fingerprint density at radius 3 is 2.34 bits per heavy atom. The zero-order chi connectivity index (χ0) is 21.4. The van der Waals surface area contributed by atoms with E-state index in [0.29, 0.717) is 0 Å². The van der Waals surface area contributed by atoms with Crippen LogP contribution in [0.4, 0.5) is 18.9 Å². The Bertz CT molecular complexity index is 900. The summed E-state index contributed by atoms with van der Waals surface area (Å²) in [6.45, 7) is -0.668. The van der Waals surface area contributed by atoms with Crippen LogP contribution in [0, 0.1) is 0 Å². The van der Waals surface area contributed by atoms with Crippen molar-refractivity contribution in [1.82, 2.24) is 5.32 Å². The average Bonchev–Trinajstić information content (AvgIpc) is 2.66. The van der Waals surface area contributed by atoms with Gasteiger partial charge in [0.05, 0.1) is 16.8 Å². The molecule has 2 rings (SSSR count). The van der Waals surface area contributed by atoms with Gasteiger partial charge in [0.15, 0.2) is 6.61 Å². The normalized spacial score (nSPS) is 10.9. The van der Waals surface area contributed by atoms with Crippen molar-refractivity contribution in [3.63, 3.8) is 0 Å². The Hall–Kier alpha value is -3.56. The number of hydrogen-bond acceptors (Lipinski definition) is 4. The first-order valence-electron chi connectivity index (χ1n) is 8.43. The first kappa shape index (κ1) is 21.7. The number of halogens is 3. The Labute approximate surface area is 164 Å².